The number of halogens is 1. The Morgan fingerprint density at radius 1 is 1.42 bits per heavy atom. The van der Waals surface area contributed by atoms with E-state index in [1.54, 1.807) is 0 Å². The third-order valence-electron chi connectivity index (χ3n) is 2.17. The van der Waals surface area contributed by atoms with Crippen LogP contribution in [-0.2, 0) is 4.79 Å². The minimum atomic E-state index is -0.296. The first-order valence-electron chi connectivity index (χ1n) is 4.17. The van der Waals surface area contributed by atoms with Crippen LogP contribution < -0.4 is 5.73 Å². The van der Waals surface area contributed by atoms with Crippen LogP contribution >= 0.6 is 12.4 Å². The van der Waals surface area contributed by atoms with E-state index in [9.17, 15) is 4.79 Å². The maximum Gasteiger partial charge on any atom is 0.239 e. The molecule has 1 aliphatic heterocycles. The summed E-state index contributed by atoms with van der Waals surface area (Å²) in [6.45, 7) is 5.75. The Balaban J connectivity index is 0.00000121. The smallest absolute Gasteiger partial charge is 0.239 e. The molecule has 1 rings (SSSR count). The van der Waals surface area contributed by atoms with Crippen molar-refractivity contribution < 1.29 is 4.79 Å². The molecule has 1 fully saturated rings. The van der Waals surface area contributed by atoms with E-state index in [0.29, 0.717) is 0 Å². The van der Waals surface area contributed by atoms with Gasteiger partial charge in [-0.15, -0.1) is 12.4 Å². The number of amides is 1. The fourth-order valence-corrected chi connectivity index (χ4v) is 1.03. The Hall–Kier alpha value is -0.280. The molecule has 12 heavy (non-hydrogen) atoms. The number of nitrogens with zero attached hydrogens (tertiary/aromatic N) is 1. The molecule has 0 saturated carbocycles. The van der Waals surface area contributed by atoms with Crippen LogP contribution in [-0.4, -0.2) is 29.9 Å². The summed E-state index contributed by atoms with van der Waals surface area (Å²) in [4.78, 5) is 13.2. The summed E-state index contributed by atoms with van der Waals surface area (Å²) in [7, 11) is 0. The SMILES string of the molecule is CC(C)[C@H](N)C(=O)N1CCC1.Cl. The van der Waals surface area contributed by atoms with Gasteiger partial charge in [0, 0.05) is 13.1 Å². The summed E-state index contributed by atoms with van der Waals surface area (Å²) in [5.74, 6) is 0.370. The van der Waals surface area contributed by atoms with Crippen LogP contribution in [0.1, 0.15) is 20.3 Å². The molecular weight excluding hydrogens is 176 g/mol. The molecule has 1 heterocycles. The molecule has 1 saturated heterocycles. The van der Waals surface area contributed by atoms with Crippen molar-refractivity contribution in [3.05, 3.63) is 0 Å². The summed E-state index contributed by atoms with van der Waals surface area (Å²) >= 11 is 0. The Morgan fingerprint density at radius 3 is 2.17 bits per heavy atom. The first-order valence-corrected chi connectivity index (χ1v) is 4.17. The quantitative estimate of drug-likeness (QED) is 0.698. The Kier molecular flexibility index (Phi) is 4.57. The summed E-state index contributed by atoms with van der Waals surface area (Å²) in [5.41, 5.74) is 5.68. The molecule has 1 atom stereocenters. The topological polar surface area (TPSA) is 46.3 Å². The number of likely N-dealkylation sites (tertiary alicyclic amines) is 1. The highest BCUT2D eigenvalue weighted by Gasteiger charge is 2.26. The lowest BCUT2D eigenvalue weighted by Crippen LogP contribution is -2.51. The van der Waals surface area contributed by atoms with Crippen LogP contribution in [0.4, 0.5) is 0 Å². The van der Waals surface area contributed by atoms with Crippen molar-refractivity contribution in [1.82, 2.24) is 4.90 Å². The van der Waals surface area contributed by atoms with Crippen molar-refractivity contribution in [2.45, 2.75) is 26.3 Å². The molecule has 0 bridgehead atoms. The minimum absolute atomic E-state index is 0. The molecule has 0 radical (unpaired) electrons. The molecule has 2 N–H and O–H groups in total. The maximum atomic E-state index is 11.4. The molecule has 0 unspecified atom stereocenters. The van der Waals surface area contributed by atoms with E-state index in [4.69, 9.17) is 5.73 Å². The van der Waals surface area contributed by atoms with E-state index in [0.717, 1.165) is 19.5 Å². The lowest BCUT2D eigenvalue weighted by molar-refractivity contribution is -0.137. The molecule has 3 nitrogen and oxygen atoms in total. The molecule has 1 aliphatic rings. The zero-order chi connectivity index (χ0) is 8.43. The lowest BCUT2D eigenvalue weighted by Gasteiger charge is -2.33. The second-order valence-corrected chi connectivity index (χ2v) is 3.45. The highest BCUT2D eigenvalue weighted by atomic mass is 35.5. The van der Waals surface area contributed by atoms with Gasteiger partial charge in [-0.3, -0.25) is 4.79 Å². The number of carbonyl (C=O) groups excluding carboxylic acids is 1. The van der Waals surface area contributed by atoms with Crippen LogP contribution in [0.3, 0.4) is 0 Å². The van der Waals surface area contributed by atoms with Gasteiger partial charge in [0.1, 0.15) is 0 Å². The van der Waals surface area contributed by atoms with E-state index in [1.165, 1.54) is 0 Å². The molecule has 0 aromatic heterocycles. The standard InChI is InChI=1S/C8H16N2O.ClH/c1-6(2)7(9)8(11)10-4-3-5-10;/h6-7H,3-5,9H2,1-2H3;1H/t7-;/m0./s1. The average molecular weight is 193 g/mol. The van der Waals surface area contributed by atoms with Crippen molar-refractivity contribution in [1.29, 1.82) is 0 Å². The average Bonchev–Trinajstić information content (AvgIpc) is 1.82. The predicted molar refractivity (Wildman–Crippen MR) is 51.3 cm³/mol. The molecule has 1 amide bonds. The Morgan fingerprint density at radius 2 is 1.92 bits per heavy atom. The third-order valence-corrected chi connectivity index (χ3v) is 2.17. The molecule has 0 aliphatic carbocycles. The van der Waals surface area contributed by atoms with E-state index < -0.39 is 0 Å². The van der Waals surface area contributed by atoms with Crippen molar-refractivity contribution >= 4 is 18.3 Å². The second kappa shape index (κ2) is 4.67. The highest BCUT2D eigenvalue weighted by molar-refractivity contribution is 5.85. The summed E-state index contributed by atoms with van der Waals surface area (Å²) < 4.78 is 0. The van der Waals surface area contributed by atoms with Crippen LogP contribution in [0.15, 0.2) is 0 Å². The minimum Gasteiger partial charge on any atom is -0.341 e. The normalized spacial score (nSPS) is 18.2. The summed E-state index contributed by atoms with van der Waals surface area (Å²) in [6, 6.07) is -0.296. The van der Waals surface area contributed by atoms with E-state index in [2.05, 4.69) is 0 Å². The van der Waals surface area contributed by atoms with Crippen molar-refractivity contribution in [3.63, 3.8) is 0 Å². The van der Waals surface area contributed by atoms with Gasteiger partial charge < -0.3 is 10.6 Å². The van der Waals surface area contributed by atoms with Gasteiger partial charge in [0.15, 0.2) is 0 Å². The fourth-order valence-electron chi connectivity index (χ4n) is 1.03. The fraction of sp³-hybridized carbons (Fsp3) is 0.875. The van der Waals surface area contributed by atoms with Crippen LogP contribution in [0.2, 0.25) is 0 Å². The molecule has 0 aromatic rings. The Labute approximate surface area is 79.7 Å². The van der Waals surface area contributed by atoms with Gasteiger partial charge >= 0.3 is 0 Å². The first-order chi connectivity index (χ1) is 5.13. The van der Waals surface area contributed by atoms with Gasteiger partial charge in [0.2, 0.25) is 5.91 Å². The molecule has 4 heteroatoms. The number of carbonyl (C=O) groups is 1. The number of nitrogens with two attached hydrogens (primary N) is 1. The van der Waals surface area contributed by atoms with Crippen molar-refractivity contribution in [2.75, 3.05) is 13.1 Å². The molecule has 72 valence electrons. The second-order valence-electron chi connectivity index (χ2n) is 3.45. The Bertz CT molecular complexity index is 157. The molecular formula is C8H17ClN2O. The number of hydrogen-bond acceptors (Lipinski definition) is 2. The van der Waals surface area contributed by atoms with Gasteiger partial charge in [-0.05, 0) is 12.3 Å². The number of hydrogen-bond donors (Lipinski definition) is 1. The van der Waals surface area contributed by atoms with E-state index >= 15 is 0 Å². The largest absolute Gasteiger partial charge is 0.341 e. The van der Waals surface area contributed by atoms with E-state index in [-0.39, 0.29) is 30.3 Å². The van der Waals surface area contributed by atoms with Gasteiger partial charge in [-0.2, -0.15) is 0 Å². The summed E-state index contributed by atoms with van der Waals surface area (Å²) in [6.07, 6.45) is 1.14. The zero-order valence-electron chi connectivity index (χ0n) is 7.62. The molecule has 0 aromatic carbocycles. The lowest BCUT2D eigenvalue weighted by atomic mass is 10.0. The summed E-state index contributed by atoms with van der Waals surface area (Å²) in [5, 5.41) is 0. The predicted octanol–water partition coefficient (Wildman–Crippen LogP) is 0.624. The van der Waals surface area contributed by atoms with Crippen molar-refractivity contribution in [3.8, 4) is 0 Å². The van der Waals surface area contributed by atoms with Crippen LogP contribution in [0.5, 0.6) is 0 Å². The van der Waals surface area contributed by atoms with Gasteiger partial charge in [-0.1, -0.05) is 13.8 Å². The van der Waals surface area contributed by atoms with Crippen LogP contribution in [0.25, 0.3) is 0 Å². The monoisotopic (exact) mass is 192 g/mol. The molecule has 0 spiro atoms. The van der Waals surface area contributed by atoms with E-state index in [1.807, 2.05) is 18.7 Å². The van der Waals surface area contributed by atoms with Gasteiger partial charge in [0.25, 0.3) is 0 Å². The highest BCUT2D eigenvalue weighted by Crippen LogP contribution is 2.10. The third kappa shape index (κ3) is 2.35. The maximum absolute atomic E-state index is 11.4. The van der Waals surface area contributed by atoms with Crippen LogP contribution in [0, 0.1) is 5.92 Å². The van der Waals surface area contributed by atoms with Crippen molar-refractivity contribution in [2.24, 2.45) is 11.7 Å². The number of rotatable bonds is 2. The van der Waals surface area contributed by atoms with Gasteiger partial charge in [0.05, 0.1) is 6.04 Å². The first kappa shape index (κ1) is 11.7. The van der Waals surface area contributed by atoms with Gasteiger partial charge in [-0.25, -0.2) is 0 Å². The zero-order valence-corrected chi connectivity index (χ0v) is 8.43.